The highest BCUT2D eigenvalue weighted by Crippen LogP contribution is 2.17. The lowest BCUT2D eigenvalue weighted by atomic mass is 10.1. The fourth-order valence-corrected chi connectivity index (χ4v) is 1.66. The summed E-state index contributed by atoms with van der Waals surface area (Å²) in [7, 11) is 0. The van der Waals surface area contributed by atoms with Crippen molar-refractivity contribution in [2.24, 2.45) is 0 Å². The third kappa shape index (κ3) is 3.51. The first-order valence-electron chi connectivity index (χ1n) is 6.04. The number of carbonyl (C=O) groups excluding carboxylic acids is 1. The first kappa shape index (κ1) is 14.4. The Bertz CT molecular complexity index is 713. The van der Waals surface area contributed by atoms with Crippen molar-refractivity contribution in [3.8, 4) is 6.07 Å². The molecule has 0 aliphatic rings. The summed E-state index contributed by atoms with van der Waals surface area (Å²) < 4.78 is 27.0. The summed E-state index contributed by atoms with van der Waals surface area (Å²) in [5.74, 6) is -2.41. The third-order valence-electron chi connectivity index (χ3n) is 2.69. The Morgan fingerprint density at radius 1 is 1.05 bits per heavy atom. The number of hydrogen-bond donors (Lipinski definition) is 1. The van der Waals surface area contributed by atoms with Crippen LogP contribution in [-0.2, 0) is 4.79 Å². The van der Waals surface area contributed by atoms with Crippen LogP contribution in [0, 0.1) is 23.0 Å². The van der Waals surface area contributed by atoms with E-state index in [4.69, 9.17) is 5.26 Å². The Hall–Kier alpha value is -3.00. The Morgan fingerprint density at radius 2 is 1.67 bits per heavy atom. The molecule has 0 unspecified atom stereocenters. The van der Waals surface area contributed by atoms with Crippen LogP contribution >= 0.6 is 0 Å². The minimum absolute atomic E-state index is 0.386. The monoisotopic (exact) mass is 284 g/mol. The molecule has 0 heterocycles. The molecule has 0 aliphatic carbocycles. The van der Waals surface area contributed by atoms with Crippen LogP contribution in [0.15, 0.2) is 54.1 Å². The SMILES string of the molecule is N#C/C(=C\c1c(F)cccc1F)C(=O)Nc1ccccc1. The van der Waals surface area contributed by atoms with Crippen molar-refractivity contribution in [2.75, 3.05) is 5.32 Å². The Labute approximate surface area is 120 Å². The van der Waals surface area contributed by atoms with E-state index in [-0.39, 0.29) is 5.57 Å². The second-order valence-corrected chi connectivity index (χ2v) is 4.13. The maximum Gasteiger partial charge on any atom is 0.266 e. The molecule has 0 saturated heterocycles. The zero-order chi connectivity index (χ0) is 15.2. The molecule has 21 heavy (non-hydrogen) atoms. The molecule has 0 aliphatic heterocycles. The van der Waals surface area contributed by atoms with Gasteiger partial charge in [0.25, 0.3) is 5.91 Å². The lowest BCUT2D eigenvalue weighted by molar-refractivity contribution is -0.112. The maximum absolute atomic E-state index is 13.5. The van der Waals surface area contributed by atoms with Gasteiger partial charge in [-0.2, -0.15) is 5.26 Å². The van der Waals surface area contributed by atoms with Crippen LogP contribution in [0.5, 0.6) is 0 Å². The van der Waals surface area contributed by atoms with Crippen LogP contribution in [0.2, 0.25) is 0 Å². The minimum atomic E-state index is -0.838. The van der Waals surface area contributed by atoms with Crippen LogP contribution in [0.25, 0.3) is 6.08 Å². The fraction of sp³-hybridized carbons (Fsp3) is 0. The Balaban J connectivity index is 2.30. The van der Waals surface area contributed by atoms with Gasteiger partial charge in [0.1, 0.15) is 23.3 Å². The lowest BCUT2D eigenvalue weighted by Crippen LogP contribution is -2.13. The molecule has 0 bridgehead atoms. The molecule has 0 atom stereocenters. The van der Waals surface area contributed by atoms with Gasteiger partial charge in [-0.1, -0.05) is 24.3 Å². The van der Waals surface area contributed by atoms with Crippen molar-refractivity contribution in [1.82, 2.24) is 0 Å². The van der Waals surface area contributed by atoms with E-state index in [1.54, 1.807) is 36.4 Å². The first-order chi connectivity index (χ1) is 10.1. The highest BCUT2D eigenvalue weighted by Gasteiger charge is 2.13. The van der Waals surface area contributed by atoms with Crippen molar-refractivity contribution in [3.63, 3.8) is 0 Å². The van der Waals surface area contributed by atoms with E-state index < -0.39 is 23.1 Å². The smallest absolute Gasteiger partial charge is 0.266 e. The van der Waals surface area contributed by atoms with Crippen molar-refractivity contribution in [2.45, 2.75) is 0 Å². The number of rotatable bonds is 3. The Kier molecular flexibility index (Phi) is 4.42. The van der Waals surface area contributed by atoms with Gasteiger partial charge in [-0.25, -0.2) is 8.78 Å². The largest absolute Gasteiger partial charge is 0.321 e. The van der Waals surface area contributed by atoms with E-state index in [1.807, 2.05) is 0 Å². The van der Waals surface area contributed by atoms with Gasteiger partial charge < -0.3 is 5.32 Å². The normalized spacial score (nSPS) is 10.8. The molecule has 1 amide bonds. The number of halogens is 2. The van der Waals surface area contributed by atoms with Gasteiger partial charge in [-0.05, 0) is 30.3 Å². The highest BCUT2D eigenvalue weighted by atomic mass is 19.1. The van der Waals surface area contributed by atoms with Crippen molar-refractivity contribution < 1.29 is 13.6 Å². The predicted molar refractivity (Wildman–Crippen MR) is 75.0 cm³/mol. The van der Waals surface area contributed by atoms with E-state index in [0.717, 1.165) is 18.2 Å². The molecule has 0 saturated carbocycles. The van der Waals surface area contributed by atoms with Crippen LogP contribution < -0.4 is 5.32 Å². The molecule has 5 heteroatoms. The number of benzene rings is 2. The van der Waals surface area contributed by atoms with E-state index in [0.29, 0.717) is 5.69 Å². The molecule has 1 N–H and O–H groups in total. The van der Waals surface area contributed by atoms with Crippen molar-refractivity contribution in [1.29, 1.82) is 5.26 Å². The molecule has 2 aromatic carbocycles. The van der Waals surface area contributed by atoms with Crippen molar-refractivity contribution in [3.05, 3.63) is 71.3 Å². The van der Waals surface area contributed by atoms with Gasteiger partial charge in [0.15, 0.2) is 0 Å². The summed E-state index contributed by atoms with van der Waals surface area (Å²) in [6.45, 7) is 0. The number of anilines is 1. The second kappa shape index (κ2) is 6.44. The number of nitriles is 1. The van der Waals surface area contributed by atoms with Crippen LogP contribution in [0.3, 0.4) is 0 Å². The summed E-state index contributed by atoms with van der Waals surface area (Å²) in [6, 6.07) is 13.4. The third-order valence-corrected chi connectivity index (χ3v) is 2.69. The fourth-order valence-electron chi connectivity index (χ4n) is 1.66. The molecule has 0 spiro atoms. The van der Waals surface area contributed by atoms with Gasteiger partial charge in [0.2, 0.25) is 0 Å². The summed E-state index contributed by atoms with van der Waals surface area (Å²) in [5.41, 5.74) is -0.322. The molecule has 2 aromatic rings. The molecule has 0 radical (unpaired) electrons. The summed E-state index contributed by atoms with van der Waals surface area (Å²) in [5, 5.41) is 11.5. The van der Waals surface area contributed by atoms with Gasteiger partial charge in [-0.15, -0.1) is 0 Å². The molecular weight excluding hydrogens is 274 g/mol. The topological polar surface area (TPSA) is 52.9 Å². The summed E-state index contributed by atoms with van der Waals surface area (Å²) >= 11 is 0. The van der Waals surface area contributed by atoms with Crippen LogP contribution in [-0.4, -0.2) is 5.91 Å². The van der Waals surface area contributed by atoms with Gasteiger partial charge in [-0.3, -0.25) is 4.79 Å². The average Bonchev–Trinajstić information content (AvgIpc) is 2.48. The number of para-hydroxylation sites is 1. The molecule has 0 aromatic heterocycles. The first-order valence-corrected chi connectivity index (χ1v) is 6.04. The highest BCUT2D eigenvalue weighted by molar-refractivity contribution is 6.09. The number of nitrogens with zero attached hydrogens (tertiary/aromatic N) is 1. The van der Waals surface area contributed by atoms with Crippen LogP contribution in [0.1, 0.15) is 5.56 Å². The van der Waals surface area contributed by atoms with Crippen molar-refractivity contribution >= 4 is 17.7 Å². The lowest BCUT2D eigenvalue weighted by Gasteiger charge is -2.04. The molecule has 0 fully saturated rings. The van der Waals surface area contributed by atoms with E-state index in [9.17, 15) is 13.6 Å². The van der Waals surface area contributed by atoms with Gasteiger partial charge in [0.05, 0.1) is 0 Å². The standard InChI is InChI=1S/C16H10F2N2O/c17-14-7-4-8-15(18)13(14)9-11(10-19)16(21)20-12-5-2-1-3-6-12/h1-9H,(H,20,21)/b11-9+. The summed E-state index contributed by atoms with van der Waals surface area (Å²) in [4.78, 5) is 11.9. The van der Waals surface area contributed by atoms with Gasteiger partial charge in [0, 0.05) is 11.3 Å². The van der Waals surface area contributed by atoms with E-state index in [2.05, 4.69) is 5.32 Å². The Morgan fingerprint density at radius 3 is 2.24 bits per heavy atom. The minimum Gasteiger partial charge on any atom is -0.321 e. The zero-order valence-corrected chi connectivity index (χ0v) is 10.8. The molecule has 104 valence electrons. The number of nitrogens with one attached hydrogen (secondary N) is 1. The summed E-state index contributed by atoms with van der Waals surface area (Å²) in [6.07, 6.45) is 0.892. The number of carbonyl (C=O) groups is 1. The molecule has 2 rings (SSSR count). The maximum atomic E-state index is 13.5. The number of hydrogen-bond acceptors (Lipinski definition) is 2. The van der Waals surface area contributed by atoms with Gasteiger partial charge >= 0.3 is 0 Å². The van der Waals surface area contributed by atoms with E-state index >= 15 is 0 Å². The predicted octanol–water partition coefficient (Wildman–Crippen LogP) is 3.51. The molecular formula is C16H10F2N2O. The second-order valence-electron chi connectivity index (χ2n) is 4.13. The quantitative estimate of drug-likeness (QED) is 0.692. The number of amides is 1. The zero-order valence-electron chi connectivity index (χ0n) is 10.8. The average molecular weight is 284 g/mol. The molecule has 3 nitrogen and oxygen atoms in total. The van der Waals surface area contributed by atoms with E-state index in [1.165, 1.54) is 6.07 Å². The van der Waals surface area contributed by atoms with Crippen LogP contribution in [0.4, 0.5) is 14.5 Å².